The van der Waals surface area contributed by atoms with Crippen molar-refractivity contribution in [2.45, 2.75) is 46.2 Å². The molecule has 3 nitrogen and oxygen atoms in total. The van der Waals surface area contributed by atoms with Crippen LogP contribution < -0.4 is 5.32 Å². The molecule has 0 aromatic heterocycles. The molecular weight excluding hydrogens is 176 g/mol. The molecule has 1 atom stereocenters. The quantitative estimate of drug-likeness (QED) is 0.618. The van der Waals surface area contributed by atoms with Crippen LogP contribution in [0.5, 0.6) is 0 Å². The van der Waals surface area contributed by atoms with E-state index in [1.54, 1.807) is 0 Å². The van der Waals surface area contributed by atoms with Gasteiger partial charge in [-0.15, -0.1) is 0 Å². The highest BCUT2D eigenvalue weighted by Gasteiger charge is 2.13. The van der Waals surface area contributed by atoms with E-state index in [1.165, 1.54) is 0 Å². The Morgan fingerprint density at radius 3 is 2.29 bits per heavy atom. The molecule has 0 heterocycles. The molecule has 0 bridgehead atoms. The minimum absolute atomic E-state index is 0.271. The fraction of sp³-hybridized carbons (Fsp3) is 1.00. The smallest absolute Gasteiger partial charge is 0.0446 e. The summed E-state index contributed by atoms with van der Waals surface area (Å²) >= 11 is 0. The summed E-state index contributed by atoms with van der Waals surface area (Å²) in [5, 5.41) is 12.3. The normalized spacial score (nSPS) is 13.9. The van der Waals surface area contributed by atoms with Crippen molar-refractivity contribution in [3.05, 3.63) is 0 Å². The van der Waals surface area contributed by atoms with Crippen LogP contribution in [0.4, 0.5) is 0 Å². The molecule has 0 amide bonds. The van der Waals surface area contributed by atoms with Crippen LogP contribution in [0.2, 0.25) is 0 Å². The molecule has 0 aromatic carbocycles. The van der Waals surface area contributed by atoms with Gasteiger partial charge in [0.1, 0.15) is 0 Å². The lowest BCUT2D eigenvalue weighted by Gasteiger charge is -2.29. The molecule has 0 fully saturated rings. The molecular formula is C11H26N2O. The zero-order valence-electron chi connectivity index (χ0n) is 10.1. The summed E-state index contributed by atoms with van der Waals surface area (Å²) in [5.41, 5.74) is 0. The molecule has 0 aliphatic carbocycles. The van der Waals surface area contributed by atoms with Gasteiger partial charge in [0.15, 0.2) is 0 Å². The zero-order chi connectivity index (χ0) is 11.0. The fourth-order valence-electron chi connectivity index (χ4n) is 1.69. The van der Waals surface area contributed by atoms with Crippen LogP contribution in [0.25, 0.3) is 0 Å². The largest absolute Gasteiger partial charge is 0.396 e. The third-order valence-corrected chi connectivity index (χ3v) is 2.56. The SMILES string of the molecule is CCNC(CCO)CN(CC)C(C)C. The Kier molecular flexibility index (Phi) is 8.14. The van der Waals surface area contributed by atoms with E-state index in [0.717, 1.165) is 26.1 Å². The Bertz CT molecular complexity index is 122. The topological polar surface area (TPSA) is 35.5 Å². The maximum absolute atomic E-state index is 8.93. The molecule has 86 valence electrons. The maximum Gasteiger partial charge on any atom is 0.0446 e. The van der Waals surface area contributed by atoms with Crippen molar-refractivity contribution in [2.75, 3.05) is 26.2 Å². The van der Waals surface area contributed by atoms with Gasteiger partial charge in [-0.25, -0.2) is 0 Å². The van der Waals surface area contributed by atoms with E-state index in [0.29, 0.717) is 12.1 Å². The lowest BCUT2D eigenvalue weighted by atomic mass is 10.1. The predicted octanol–water partition coefficient (Wildman–Crippen LogP) is 1.08. The zero-order valence-corrected chi connectivity index (χ0v) is 10.1. The van der Waals surface area contributed by atoms with Crippen molar-refractivity contribution >= 4 is 0 Å². The standard InChI is InChI=1S/C11H26N2O/c1-5-12-11(7-8-14)9-13(6-2)10(3)4/h10-12,14H,5-9H2,1-4H3. The summed E-state index contributed by atoms with van der Waals surface area (Å²) < 4.78 is 0. The molecule has 2 N–H and O–H groups in total. The van der Waals surface area contributed by atoms with Crippen molar-refractivity contribution < 1.29 is 5.11 Å². The van der Waals surface area contributed by atoms with E-state index in [9.17, 15) is 0 Å². The molecule has 0 aliphatic rings. The van der Waals surface area contributed by atoms with Gasteiger partial charge in [0.25, 0.3) is 0 Å². The van der Waals surface area contributed by atoms with Crippen molar-refractivity contribution in [3.8, 4) is 0 Å². The van der Waals surface area contributed by atoms with Crippen molar-refractivity contribution in [1.29, 1.82) is 0 Å². The summed E-state index contributed by atoms with van der Waals surface area (Å²) in [5.74, 6) is 0. The number of hydrogen-bond donors (Lipinski definition) is 2. The summed E-state index contributed by atoms with van der Waals surface area (Å²) in [6.07, 6.45) is 0.844. The van der Waals surface area contributed by atoms with Crippen LogP contribution in [0.3, 0.4) is 0 Å². The highest BCUT2D eigenvalue weighted by molar-refractivity contribution is 4.72. The number of likely N-dealkylation sites (N-methyl/N-ethyl adjacent to an activating group) is 2. The molecule has 0 radical (unpaired) electrons. The lowest BCUT2D eigenvalue weighted by Crippen LogP contribution is -2.44. The number of rotatable bonds is 8. The van der Waals surface area contributed by atoms with Crippen LogP contribution in [-0.2, 0) is 0 Å². The third-order valence-electron chi connectivity index (χ3n) is 2.56. The van der Waals surface area contributed by atoms with Gasteiger partial charge in [-0.3, -0.25) is 4.90 Å². The summed E-state index contributed by atoms with van der Waals surface area (Å²) in [7, 11) is 0. The van der Waals surface area contributed by atoms with Crippen LogP contribution in [0.15, 0.2) is 0 Å². The van der Waals surface area contributed by atoms with Crippen LogP contribution in [0, 0.1) is 0 Å². The molecule has 0 rings (SSSR count). The average molecular weight is 202 g/mol. The van der Waals surface area contributed by atoms with Gasteiger partial charge >= 0.3 is 0 Å². The molecule has 0 aromatic rings. The van der Waals surface area contributed by atoms with Gasteiger partial charge in [0.2, 0.25) is 0 Å². The Morgan fingerprint density at radius 1 is 1.29 bits per heavy atom. The highest BCUT2D eigenvalue weighted by atomic mass is 16.3. The van der Waals surface area contributed by atoms with Crippen molar-refractivity contribution in [2.24, 2.45) is 0 Å². The number of aliphatic hydroxyl groups is 1. The van der Waals surface area contributed by atoms with Gasteiger partial charge in [-0.1, -0.05) is 13.8 Å². The summed E-state index contributed by atoms with van der Waals surface area (Å²) in [6, 6.07) is 1.01. The van der Waals surface area contributed by atoms with E-state index < -0.39 is 0 Å². The maximum atomic E-state index is 8.93. The Balaban J connectivity index is 3.96. The molecule has 0 saturated carbocycles. The van der Waals surface area contributed by atoms with Crippen molar-refractivity contribution in [1.82, 2.24) is 10.2 Å². The molecule has 0 aliphatic heterocycles. The van der Waals surface area contributed by atoms with Gasteiger partial charge in [-0.05, 0) is 33.4 Å². The third kappa shape index (κ3) is 5.58. The van der Waals surface area contributed by atoms with Crippen LogP contribution >= 0.6 is 0 Å². The first kappa shape index (κ1) is 13.9. The first-order chi connectivity index (χ1) is 6.65. The van der Waals surface area contributed by atoms with E-state index in [4.69, 9.17) is 5.11 Å². The van der Waals surface area contributed by atoms with Gasteiger partial charge in [0, 0.05) is 25.2 Å². The van der Waals surface area contributed by atoms with E-state index in [2.05, 4.69) is 37.9 Å². The monoisotopic (exact) mass is 202 g/mol. The second kappa shape index (κ2) is 8.21. The van der Waals surface area contributed by atoms with Crippen molar-refractivity contribution in [3.63, 3.8) is 0 Å². The summed E-state index contributed by atoms with van der Waals surface area (Å²) in [6.45, 7) is 12.1. The lowest BCUT2D eigenvalue weighted by molar-refractivity contribution is 0.185. The predicted molar refractivity (Wildman–Crippen MR) is 61.6 cm³/mol. The second-order valence-corrected chi connectivity index (χ2v) is 3.95. The molecule has 1 unspecified atom stereocenters. The molecule has 3 heteroatoms. The number of aliphatic hydroxyl groups excluding tert-OH is 1. The Labute approximate surface area is 88.5 Å². The first-order valence-electron chi connectivity index (χ1n) is 5.73. The fourth-order valence-corrected chi connectivity index (χ4v) is 1.69. The molecule has 0 spiro atoms. The molecule has 14 heavy (non-hydrogen) atoms. The van der Waals surface area contributed by atoms with Gasteiger partial charge in [-0.2, -0.15) is 0 Å². The number of hydrogen-bond acceptors (Lipinski definition) is 3. The van der Waals surface area contributed by atoms with E-state index >= 15 is 0 Å². The van der Waals surface area contributed by atoms with Crippen LogP contribution in [0.1, 0.15) is 34.1 Å². The number of nitrogens with zero attached hydrogens (tertiary/aromatic N) is 1. The highest BCUT2D eigenvalue weighted by Crippen LogP contribution is 2.01. The Hall–Kier alpha value is -0.120. The average Bonchev–Trinajstić information content (AvgIpc) is 2.14. The van der Waals surface area contributed by atoms with Gasteiger partial charge < -0.3 is 10.4 Å². The Morgan fingerprint density at radius 2 is 1.93 bits per heavy atom. The minimum Gasteiger partial charge on any atom is -0.396 e. The number of nitrogens with one attached hydrogen (secondary N) is 1. The van der Waals surface area contributed by atoms with E-state index in [1.807, 2.05) is 0 Å². The molecule has 0 saturated heterocycles. The van der Waals surface area contributed by atoms with Crippen LogP contribution in [-0.4, -0.2) is 48.3 Å². The van der Waals surface area contributed by atoms with E-state index in [-0.39, 0.29) is 6.61 Å². The second-order valence-electron chi connectivity index (χ2n) is 3.95. The summed E-state index contributed by atoms with van der Waals surface area (Å²) in [4.78, 5) is 2.42. The van der Waals surface area contributed by atoms with Gasteiger partial charge in [0.05, 0.1) is 0 Å². The first-order valence-corrected chi connectivity index (χ1v) is 5.73. The minimum atomic E-state index is 0.271.